The van der Waals surface area contributed by atoms with E-state index in [4.69, 9.17) is 5.26 Å². The second kappa shape index (κ2) is 4.18. The Balaban J connectivity index is 2.61. The van der Waals surface area contributed by atoms with E-state index in [9.17, 15) is 13.2 Å². The predicted molar refractivity (Wildman–Crippen MR) is 58.4 cm³/mol. The fourth-order valence-electron chi connectivity index (χ4n) is 1.70. The van der Waals surface area contributed by atoms with Crippen LogP contribution >= 0.6 is 0 Å². The van der Waals surface area contributed by atoms with E-state index < -0.39 is 11.9 Å². The maximum absolute atomic E-state index is 12.6. The van der Waals surface area contributed by atoms with Crippen LogP contribution < -0.4 is 0 Å². The third-order valence-electron chi connectivity index (χ3n) is 2.57. The highest BCUT2D eigenvalue weighted by atomic mass is 19.4. The van der Waals surface area contributed by atoms with Gasteiger partial charge in [-0.2, -0.15) is 18.4 Å². The maximum Gasteiger partial charge on any atom is 0.433 e. The van der Waals surface area contributed by atoms with E-state index in [1.54, 1.807) is 18.2 Å². The lowest BCUT2D eigenvalue weighted by atomic mass is 10.1. The number of rotatable bonds is 1. The van der Waals surface area contributed by atoms with Crippen LogP contribution in [-0.4, -0.2) is 9.55 Å². The van der Waals surface area contributed by atoms with Crippen molar-refractivity contribution in [1.82, 2.24) is 9.55 Å². The molecule has 0 saturated heterocycles. The van der Waals surface area contributed by atoms with E-state index in [2.05, 4.69) is 4.98 Å². The monoisotopic (exact) mass is 251 g/mol. The summed E-state index contributed by atoms with van der Waals surface area (Å²) in [5.74, 6) is 0.125. The number of nitriles is 1. The summed E-state index contributed by atoms with van der Waals surface area (Å²) < 4.78 is 38.8. The first-order chi connectivity index (χ1) is 8.45. The molecule has 0 radical (unpaired) electrons. The van der Waals surface area contributed by atoms with Crippen molar-refractivity contribution >= 4 is 0 Å². The number of halogens is 3. The number of hydrogen-bond acceptors (Lipinski definition) is 2. The molecule has 3 nitrogen and oxygen atoms in total. The molecule has 0 fully saturated rings. The minimum Gasteiger partial charge on any atom is -0.324 e. The van der Waals surface area contributed by atoms with Gasteiger partial charge in [0.2, 0.25) is 0 Å². The zero-order valence-electron chi connectivity index (χ0n) is 9.36. The summed E-state index contributed by atoms with van der Waals surface area (Å²) in [5.41, 5.74) is -0.164. The van der Waals surface area contributed by atoms with Gasteiger partial charge in [0.15, 0.2) is 0 Å². The summed E-state index contributed by atoms with van der Waals surface area (Å²) in [6.07, 6.45) is -3.69. The molecule has 0 aliphatic carbocycles. The van der Waals surface area contributed by atoms with Gasteiger partial charge < -0.3 is 4.57 Å². The summed E-state index contributed by atoms with van der Waals surface area (Å²) in [4.78, 5) is 3.75. The Hall–Kier alpha value is -2.29. The number of alkyl halides is 3. The first-order valence-corrected chi connectivity index (χ1v) is 5.03. The van der Waals surface area contributed by atoms with Gasteiger partial charge in [0.1, 0.15) is 11.5 Å². The molecule has 2 rings (SSSR count). The quantitative estimate of drug-likeness (QED) is 0.781. The number of aromatic nitrogens is 2. The van der Waals surface area contributed by atoms with Gasteiger partial charge in [0, 0.05) is 12.6 Å². The van der Waals surface area contributed by atoms with E-state index in [0.717, 1.165) is 10.8 Å². The minimum absolute atomic E-state index is 0.125. The van der Waals surface area contributed by atoms with Gasteiger partial charge in [-0.1, -0.05) is 12.1 Å². The molecule has 1 aromatic heterocycles. The third kappa shape index (κ3) is 1.95. The SMILES string of the molecule is Cn1c(C(F)(F)F)cnc1-c1ccccc1C#N. The van der Waals surface area contributed by atoms with Crippen LogP contribution in [0, 0.1) is 11.3 Å². The lowest BCUT2D eigenvalue weighted by Crippen LogP contribution is -2.11. The second-order valence-corrected chi connectivity index (χ2v) is 3.68. The Labute approximate surface area is 101 Å². The normalized spacial score (nSPS) is 11.3. The van der Waals surface area contributed by atoms with Crippen molar-refractivity contribution in [3.63, 3.8) is 0 Å². The van der Waals surface area contributed by atoms with E-state index in [-0.39, 0.29) is 5.82 Å². The topological polar surface area (TPSA) is 41.6 Å². The molecule has 0 bridgehead atoms. The summed E-state index contributed by atoms with van der Waals surface area (Å²) in [6.45, 7) is 0. The minimum atomic E-state index is -4.46. The van der Waals surface area contributed by atoms with Crippen molar-refractivity contribution in [2.75, 3.05) is 0 Å². The molecule has 0 atom stereocenters. The zero-order chi connectivity index (χ0) is 13.3. The van der Waals surface area contributed by atoms with Crippen molar-refractivity contribution in [3.05, 3.63) is 41.7 Å². The first kappa shape index (κ1) is 12.2. The Morgan fingerprint density at radius 1 is 1.28 bits per heavy atom. The zero-order valence-corrected chi connectivity index (χ0v) is 9.36. The van der Waals surface area contributed by atoms with E-state index in [0.29, 0.717) is 11.1 Å². The second-order valence-electron chi connectivity index (χ2n) is 3.68. The maximum atomic E-state index is 12.6. The van der Waals surface area contributed by atoms with Crippen LogP contribution in [0.5, 0.6) is 0 Å². The molecule has 92 valence electrons. The fourth-order valence-corrected chi connectivity index (χ4v) is 1.70. The highest BCUT2D eigenvalue weighted by molar-refractivity contribution is 5.65. The number of nitrogens with zero attached hydrogens (tertiary/aromatic N) is 3. The molecule has 0 aliphatic heterocycles. The van der Waals surface area contributed by atoms with Gasteiger partial charge in [-0.15, -0.1) is 0 Å². The summed E-state index contributed by atoms with van der Waals surface area (Å²) in [7, 11) is 1.28. The van der Waals surface area contributed by atoms with Crippen LogP contribution in [0.1, 0.15) is 11.3 Å². The van der Waals surface area contributed by atoms with Crippen LogP contribution in [0.3, 0.4) is 0 Å². The molecule has 0 spiro atoms. The summed E-state index contributed by atoms with van der Waals surface area (Å²) in [6, 6.07) is 8.34. The smallest absolute Gasteiger partial charge is 0.324 e. The number of hydrogen-bond donors (Lipinski definition) is 0. The Bertz CT molecular complexity index is 620. The van der Waals surface area contributed by atoms with Gasteiger partial charge in [-0.05, 0) is 12.1 Å². The van der Waals surface area contributed by atoms with Crippen LogP contribution in [0.4, 0.5) is 13.2 Å². The Kier molecular flexibility index (Phi) is 2.83. The van der Waals surface area contributed by atoms with Crippen molar-refractivity contribution < 1.29 is 13.2 Å². The van der Waals surface area contributed by atoms with Crippen LogP contribution in [0.25, 0.3) is 11.4 Å². The van der Waals surface area contributed by atoms with Crippen molar-refractivity contribution in [3.8, 4) is 17.5 Å². The lowest BCUT2D eigenvalue weighted by Gasteiger charge is -2.09. The van der Waals surface area contributed by atoms with Crippen molar-refractivity contribution in [2.45, 2.75) is 6.18 Å². The van der Waals surface area contributed by atoms with Gasteiger partial charge in [-0.3, -0.25) is 0 Å². The number of benzene rings is 1. The molecular formula is C12H8F3N3. The number of imidazole rings is 1. The predicted octanol–water partition coefficient (Wildman–Crippen LogP) is 2.98. The van der Waals surface area contributed by atoms with Crippen molar-refractivity contribution in [2.24, 2.45) is 7.05 Å². The third-order valence-corrected chi connectivity index (χ3v) is 2.57. The average Bonchev–Trinajstić information content (AvgIpc) is 2.70. The highest BCUT2D eigenvalue weighted by Crippen LogP contribution is 2.32. The van der Waals surface area contributed by atoms with E-state index in [1.165, 1.54) is 13.1 Å². The molecule has 6 heteroatoms. The van der Waals surface area contributed by atoms with Gasteiger partial charge >= 0.3 is 6.18 Å². The van der Waals surface area contributed by atoms with Crippen molar-refractivity contribution in [1.29, 1.82) is 5.26 Å². The van der Waals surface area contributed by atoms with Crippen LogP contribution in [0.2, 0.25) is 0 Å². The first-order valence-electron chi connectivity index (χ1n) is 5.03. The summed E-state index contributed by atoms with van der Waals surface area (Å²) in [5, 5.41) is 8.93. The lowest BCUT2D eigenvalue weighted by molar-refractivity contribution is -0.143. The van der Waals surface area contributed by atoms with E-state index >= 15 is 0 Å². The molecule has 2 aromatic rings. The molecule has 0 unspecified atom stereocenters. The molecule has 1 aromatic carbocycles. The molecular weight excluding hydrogens is 243 g/mol. The molecule has 18 heavy (non-hydrogen) atoms. The van der Waals surface area contributed by atoms with Gasteiger partial charge in [-0.25, -0.2) is 4.98 Å². The molecule has 0 N–H and O–H groups in total. The summed E-state index contributed by atoms with van der Waals surface area (Å²) >= 11 is 0. The molecule has 0 saturated carbocycles. The molecule has 1 heterocycles. The average molecular weight is 251 g/mol. The standard InChI is InChI=1S/C12H8F3N3/c1-18-10(12(13,14)15)7-17-11(18)9-5-3-2-4-8(9)6-16/h2-5,7H,1H3. The van der Waals surface area contributed by atoms with Gasteiger partial charge in [0.25, 0.3) is 0 Å². The fraction of sp³-hybridized carbons (Fsp3) is 0.167. The molecule has 0 amide bonds. The van der Waals surface area contributed by atoms with Crippen LogP contribution in [-0.2, 0) is 13.2 Å². The highest BCUT2D eigenvalue weighted by Gasteiger charge is 2.35. The Morgan fingerprint density at radius 2 is 1.94 bits per heavy atom. The molecule has 0 aliphatic rings. The van der Waals surface area contributed by atoms with Crippen LogP contribution in [0.15, 0.2) is 30.5 Å². The van der Waals surface area contributed by atoms with E-state index in [1.807, 2.05) is 6.07 Å². The van der Waals surface area contributed by atoms with Gasteiger partial charge in [0.05, 0.1) is 17.8 Å². The largest absolute Gasteiger partial charge is 0.433 e. The Morgan fingerprint density at radius 3 is 2.50 bits per heavy atom.